The molecule has 0 saturated carbocycles. The van der Waals surface area contributed by atoms with Crippen molar-refractivity contribution in [2.45, 2.75) is 58.8 Å². The van der Waals surface area contributed by atoms with Crippen LogP contribution in [0.15, 0.2) is 12.3 Å². The van der Waals surface area contributed by atoms with Gasteiger partial charge in [-0.3, -0.25) is 3.59 Å². The summed E-state index contributed by atoms with van der Waals surface area (Å²) >= 11 is 3.39. The summed E-state index contributed by atoms with van der Waals surface area (Å²) in [6.07, 6.45) is 15.7. The zero-order chi connectivity index (χ0) is 12.5. The van der Waals surface area contributed by atoms with Gasteiger partial charge in [0.1, 0.15) is 5.82 Å². The topological polar surface area (TPSA) is 17.8 Å². The van der Waals surface area contributed by atoms with Gasteiger partial charge in [0, 0.05) is 6.20 Å². The summed E-state index contributed by atoms with van der Waals surface area (Å²) in [5, 5.41) is 0. The molecule has 0 aliphatic heterocycles. The highest BCUT2D eigenvalue weighted by Gasteiger charge is 1.97. The van der Waals surface area contributed by atoms with Gasteiger partial charge in [-0.25, -0.2) is 4.98 Å². The van der Waals surface area contributed by atoms with Crippen LogP contribution in [0.3, 0.4) is 0 Å². The van der Waals surface area contributed by atoms with Crippen molar-refractivity contribution >= 4 is 22.2 Å². The average Bonchev–Trinajstić information content (AvgIpc) is 2.62. The van der Waals surface area contributed by atoms with E-state index < -0.39 is 0 Å². The van der Waals surface area contributed by atoms with Gasteiger partial charge in [0.05, 0.1) is 21.8 Å². The van der Waals surface area contributed by atoms with Crippen molar-refractivity contribution in [3.05, 3.63) is 23.8 Å². The number of aryl methyl sites for hydroxylation is 1. The quantitative estimate of drug-likeness (QED) is 0.610. The molecular weight excluding hydrogens is 276 g/mol. The van der Waals surface area contributed by atoms with Crippen LogP contribution in [-0.2, 0) is 0 Å². The Morgan fingerprint density at radius 2 is 1.94 bits per heavy atom. The molecule has 1 aromatic heterocycles. The van der Waals surface area contributed by atoms with E-state index in [2.05, 4.69) is 40.2 Å². The molecule has 0 amide bonds. The van der Waals surface area contributed by atoms with Gasteiger partial charge in [-0.2, -0.15) is 0 Å². The molecule has 0 fully saturated rings. The standard InChI is InChI=1S/C14H23BrN2/c1-3-4-5-6-7-8-9-10-11-14-12-17(15)13(2)16-14/h10-12H,3-9H2,1-2H3/b11-10+. The van der Waals surface area contributed by atoms with Crippen LogP contribution in [-0.4, -0.2) is 8.58 Å². The fraction of sp³-hybridized carbons (Fsp3) is 0.643. The summed E-state index contributed by atoms with van der Waals surface area (Å²) < 4.78 is 1.87. The van der Waals surface area contributed by atoms with Gasteiger partial charge in [-0.1, -0.05) is 45.1 Å². The van der Waals surface area contributed by atoms with Gasteiger partial charge in [0.15, 0.2) is 0 Å². The Labute approximate surface area is 113 Å². The summed E-state index contributed by atoms with van der Waals surface area (Å²) in [4.78, 5) is 4.40. The molecule has 0 aliphatic rings. The molecule has 96 valence electrons. The highest BCUT2D eigenvalue weighted by Crippen LogP contribution is 2.10. The third kappa shape index (κ3) is 6.06. The number of hydrogen-bond acceptors (Lipinski definition) is 1. The van der Waals surface area contributed by atoms with Gasteiger partial charge in [-0.15, -0.1) is 0 Å². The van der Waals surface area contributed by atoms with Crippen molar-refractivity contribution in [1.82, 2.24) is 8.58 Å². The van der Waals surface area contributed by atoms with Crippen molar-refractivity contribution in [2.75, 3.05) is 0 Å². The van der Waals surface area contributed by atoms with E-state index in [4.69, 9.17) is 0 Å². The largest absolute Gasteiger partial charge is 0.270 e. The minimum Gasteiger partial charge on any atom is -0.270 e. The number of aromatic nitrogens is 2. The van der Waals surface area contributed by atoms with E-state index in [0.29, 0.717) is 0 Å². The Hall–Kier alpha value is -0.570. The van der Waals surface area contributed by atoms with Crippen molar-refractivity contribution in [3.8, 4) is 0 Å². The van der Waals surface area contributed by atoms with E-state index in [9.17, 15) is 0 Å². The molecule has 17 heavy (non-hydrogen) atoms. The average molecular weight is 299 g/mol. The third-order valence-corrected chi connectivity index (χ3v) is 3.58. The predicted molar refractivity (Wildman–Crippen MR) is 78.3 cm³/mol. The van der Waals surface area contributed by atoms with E-state index in [-0.39, 0.29) is 0 Å². The minimum atomic E-state index is 0.990. The zero-order valence-corrected chi connectivity index (χ0v) is 12.5. The number of hydrogen-bond donors (Lipinski definition) is 0. The highest BCUT2D eigenvalue weighted by molar-refractivity contribution is 9.08. The monoisotopic (exact) mass is 298 g/mol. The molecule has 0 atom stereocenters. The van der Waals surface area contributed by atoms with Crippen LogP contribution in [0.5, 0.6) is 0 Å². The lowest BCUT2D eigenvalue weighted by Crippen LogP contribution is -1.78. The lowest BCUT2D eigenvalue weighted by atomic mass is 10.1. The molecule has 1 aromatic rings. The molecule has 0 saturated heterocycles. The maximum absolute atomic E-state index is 4.40. The predicted octanol–water partition coefficient (Wildman–Crippen LogP) is 5.11. The van der Waals surface area contributed by atoms with Crippen molar-refractivity contribution in [1.29, 1.82) is 0 Å². The molecule has 0 N–H and O–H groups in total. The highest BCUT2D eigenvalue weighted by atomic mass is 79.9. The molecule has 0 aliphatic carbocycles. The normalized spacial score (nSPS) is 11.5. The zero-order valence-electron chi connectivity index (χ0n) is 11.0. The summed E-state index contributed by atoms with van der Waals surface area (Å²) in [7, 11) is 0. The second-order valence-corrected chi connectivity index (χ2v) is 5.25. The Morgan fingerprint density at radius 1 is 1.24 bits per heavy atom. The first-order chi connectivity index (χ1) is 8.24. The smallest absolute Gasteiger partial charge is 0.116 e. The Morgan fingerprint density at radius 3 is 2.59 bits per heavy atom. The van der Waals surface area contributed by atoms with E-state index >= 15 is 0 Å². The van der Waals surface area contributed by atoms with Crippen LogP contribution >= 0.6 is 16.1 Å². The minimum absolute atomic E-state index is 0.990. The second kappa shape index (κ2) is 8.51. The fourth-order valence-corrected chi connectivity index (χ4v) is 2.09. The van der Waals surface area contributed by atoms with Crippen molar-refractivity contribution in [3.63, 3.8) is 0 Å². The maximum Gasteiger partial charge on any atom is 0.116 e. The summed E-state index contributed by atoms with van der Waals surface area (Å²) in [6.45, 7) is 4.24. The van der Waals surface area contributed by atoms with Gasteiger partial charge >= 0.3 is 0 Å². The molecule has 0 unspecified atom stereocenters. The first kappa shape index (κ1) is 14.5. The number of nitrogens with zero attached hydrogens (tertiary/aromatic N) is 2. The number of unbranched alkanes of at least 4 members (excludes halogenated alkanes) is 6. The lowest BCUT2D eigenvalue weighted by Gasteiger charge is -1.97. The van der Waals surface area contributed by atoms with Gasteiger partial charge in [0.2, 0.25) is 0 Å². The summed E-state index contributed by atoms with van der Waals surface area (Å²) in [5.41, 5.74) is 1.03. The Kier molecular flexibility index (Phi) is 7.25. The number of allylic oxidation sites excluding steroid dienone is 1. The van der Waals surface area contributed by atoms with Crippen molar-refractivity contribution in [2.24, 2.45) is 0 Å². The molecular formula is C14H23BrN2. The van der Waals surface area contributed by atoms with Gasteiger partial charge in [-0.05, 0) is 25.8 Å². The molecule has 2 nitrogen and oxygen atoms in total. The lowest BCUT2D eigenvalue weighted by molar-refractivity contribution is 0.611. The van der Waals surface area contributed by atoms with E-state index in [0.717, 1.165) is 11.5 Å². The molecule has 3 heteroatoms. The van der Waals surface area contributed by atoms with Gasteiger partial charge in [0.25, 0.3) is 0 Å². The SMILES string of the molecule is CCCCCCCC/C=C/c1cn(Br)c(C)n1. The molecule has 0 spiro atoms. The number of imidazole rings is 1. The first-order valence-corrected chi connectivity index (χ1v) is 7.33. The maximum atomic E-state index is 4.40. The second-order valence-electron chi connectivity index (χ2n) is 4.48. The van der Waals surface area contributed by atoms with Crippen LogP contribution in [0.25, 0.3) is 6.08 Å². The van der Waals surface area contributed by atoms with Gasteiger partial charge < -0.3 is 0 Å². The summed E-state index contributed by atoms with van der Waals surface area (Å²) in [6, 6.07) is 0. The first-order valence-electron chi connectivity index (χ1n) is 6.62. The molecule has 0 radical (unpaired) electrons. The molecule has 1 heterocycles. The molecule has 1 rings (SSSR count). The van der Waals surface area contributed by atoms with Crippen molar-refractivity contribution < 1.29 is 0 Å². The van der Waals surface area contributed by atoms with E-state index in [1.807, 2.05) is 16.7 Å². The van der Waals surface area contributed by atoms with E-state index in [1.54, 1.807) is 0 Å². The summed E-state index contributed by atoms with van der Waals surface area (Å²) in [5.74, 6) is 0.990. The van der Waals surface area contributed by atoms with E-state index in [1.165, 1.54) is 44.9 Å². The van der Waals surface area contributed by atoms with Crippen LogP contribution in [0, 0.1) is 6.92 Å². The fourth-order valence-electron chi connectivity index (χ4n) is 1.80. The third-order valence-electron chi connectivity index (χ3n) is 2.86. The van der Waals surface area contributed by atoms with Crippen LogP contribution < -0.4 is 0 Å². The Balaban J connectivity index is 2.10. The van der Waals surface area contributed by atoms with Crippen LogP contribution in [0.4, 0.5) is 0 Å². The number of halogens is 1. The Bertz CT molecular complexity index is 322. The number of rotatable bonds is 8. The van der Waals surface area contributed by atoms with Crippen LogP contribution in [0.1, 0.15) is 63.4 Å². The molecule has 0 aromatic carbocycles. The molecule has 0 bridgehead atoms. The van der Waals surface area contributed by atoms with Crippen LogP contribution in [0.2, 0.25) is 0 Å².